The van der Waals surface area contributed by atoms with Gasteiger partial charge < -0.3 is 10.2 Å². The average Bonchev–Trinajstić information content (AvgIpc) is 2.85. The highest BCUT2D eigenvalue weighted by molar-refractivity contribution is 5.89. The van der Waals surface area contributed by atoms with Gasteiger partial charge in [-0.25, -0.2) is 13.9 Å². The normalized spacial score (nSPS) is 12.3. The zero-order chi connectivity index (χ0) is 15.4. The first-order valence-corrected chi connectivity index (χ1v) is 7.10. The first-order valence-electron chi connectivity index (χ1n) is 7.10. The lowest BCUT2D eigenvalue weighted by Gasteiger charge is -2.10. The lowest BCUT2D eigenvalue weighted by atomic mass is 10.0. The quantitative estimate of drug-likeness (QED) is 0.798. The van der Waals surface area contributed by atoms with Gasteiger partial charge in [0, 0.05) is 5.56 Å². The van der Waals surface area contributed by atoms with Crippen molar-refractivity contribution in [3.63, 3.8) is 0 Å². The van der Waals surface area contributed by atoms with Crippen LogP contribution in [0.3, 0.4) is 0 Å². The molecule has 1 aromatic heterocycles. The molecule has 21 heavy (non-hydrogen) atoms. The van der Waals surface area contributed by atoms with Crippen LogP contribution < -0.4 is 4.57 Å². The van der Waals surface area contributed by atoms with Crippen molar-refractivity contribution in [3.05, 3.63) is 53.6 Å². The van der Waals surface area contributed by atoms with Crippen molar-refractivity contribution >= 4 is 5.97 Å². The number of imidazole rings is 1. The zero-order valence-electron chi connectivity index (χ0n) is 12.4. The fourth-order valence-electron chi connectivity index (χ4n) is 2.40. The number of aliphatic hydroxyl groups excluding tert-OH is 1. The van der Waals surface area contributed by atoms with E-state index in [9.17, 15) is 15.0 Å². The molecule has 2 N–H and O–H groups in total. The minimum atomic E-state index is -1.03. The van der Waals surface area contributed by atoms with E-state index in [1.807, 2.05) is 28.7 Å². The Hall–Kier alpha value is -2.14. The summed E-state index contributed by atoms with van der Waals surface area (Å²) in [6, 6.07) is 6.55. The van der Waals surface area contributed by atoms with Crippen LogP contribution >= 0.6 is 0 Å². The number of aryl methyl sites for hydroxylation is 2. The van der Waals surface area contributed by atoms with Crippen LogP contribution in [-0.2, 0) is 13.6 Å². The van der Waals surface area contributed by atoms with Gasteiger partial charge in [-0.05, 0) is 12.5 Å². The second-order valence-corrected chi connectivity index (χ2v) is 5.17. The number of unbranched alkanes of at least 4 members (excludes halogenated alkanes) is 1. The van der Waals surface area contributed by atoms with Crippen LogP contribution in [-0.4, -0.2) is 20.7 Å². The Morgan fingerprint density at radius 1 is 1.38 bits per heavy atom. The standard InChI is InChI=1S/C16H20N2O3/c1-3-4-9-18-10-14(17(2)11-18)15(19)12-7-5-6-8-13(12)16(20)21/h5-8,10-11,15,19H,3-4,9H2,1-2H3/p+1. The van der Waals surface area contributed by atoms with Crippen LogP contribution in [0.25, 0.3) is 0 Å². The van der Waals surface area contributed by atoms with Gasteiger partial charge in [0.1, 0.15) is 12.3 Å². The van der Waals surface area contributed by atoms with Crippen LogP contribution in [0.5, 0.6) is 0 Å². The molecule has 0 saturated heterocycles. The summed E-state index contributed by atoms with van der Waals surface area (Å²) >= 11 is 0. The first kappa shape index (κ1) is 15.3. The second-order valence-electron chi connectivity index (χ2n) is 5.17. The van der Waals surface area contributed by atoms with Crippen molar-refractivity contribution in [1.29, 1.82) is 0 Å². The van der Waals surface area contributed by atoms with Gasteiger partial charge in [0.15, 0.2) is 5.69 Å². The fourth-order valence-corrected chi connectivity index (χ4v) is 2.40. The minimum absolute atomic E-state index is 0.131. The second kappa shape index (κ2) is 6.54. The third-order valence-electron chi connectivity index (χ3n) is 3.56. The van der Waals surface area contributed by atoms with Gasteiger partial charge >= 0.3 is 5.97 Å². The number of carbonyl (C=O) groups is 1. The number of carboxylic acid groups (broad SMARTS) is 1. The summed E-state index contributed by atoms with van der Waals surface area (Å²) in [5.74, 6) is -1.03. The van der Waals surface area contributed by atoms with Gasteiger partial charge in [-0.3, -0.25) is 0 Å². The van der Waals surface area contributed by atoms with Crippen LogP contribution in [0.4, 0.5) is 0 Å². The molecule has 1 heterocycles. The number of nitrogens with zero attached hydrogens (tertiary/aromatic N) is 2. The molecule has 1 aromatic carbocycles. The lowest BCUT2D eigenvalue weighted by molar-refractivity contribution is -0.697. The van der Waals surface area contributed by atoms with Crippen molar-refractivity contribution in [1.82, 2.24) is 4.57 Å². The van der Waals surface area contributed by atoms with E-state index in [0.717, 1.165) is 19.4 Å². The summed E-state index contributed by atoms with van der Waals surface area (Å²) < 4.78 is 3.85. The van der Waals surface area contributed by atoms with E-state index in [0.29, 0.717) is 11.3 Å². The number of carboxylic acids is 1. The van der Waals surface area contributed by atoms with Gasteiger partial charge in [0.25, 0.3) is 0 Å². The highest BCUT2D eigenvalue weighted by atomic mass is 16.4. The van der Waals surface area contributed by atoms with Gasteiger partial charge in [0.05, 0.1) is 19.2 Å². The van der Waals surface area contributed by atoms with Crippen LogP contribution in [0.15, 0.2) is 36.8 Å². The van der Waals surface area contributed by atoms with E-state index in [2.05, 4.69) is 6.92 Å². The zero-order valence-corrected chi connectivity index (χ0v) is 12.4. The maximum Gasteiger partial charge on any atom is 0.336 e. The van der Waals surface area contributed by atoms with Crippen LogP contribution in [0, 0.1) is 0 Å². The number of benzene rings is 1. The molecule has 112 valence electrons. The number of rotatable bonds is 6. The van der Waals surface area contributed by atoms with E-state index in [4.69, 9.17) is 0 Å². The monoisotopic (exact) mass is 289 g/mol. The SMILES string of the molecule is CCCC[n+]1cc(C(O)c2ccccc2C(=O)O)n(C)c1. The summed E-state index contributed by atoms with van der Waals surface area (Å²) in [7, 11) is 1.85. The van der Waals surface area contributed by atoms with Crippen molar-refractivity contribution in [2.75, 3.05) is 0 Å². The average molecular weight is 289 g/mol. The predicted molar refractivity (Wildman–Crippen MR) is 78.0 cm³/mol. The molecule has 1 unspecified atom stereocenters. The van der Waals surface area contributed by atoms with E-state index >= 15 is 0 Å². The Morgan fingerprint density at radius 3 is 2.76 bits per heavy atom. The predicted octanol–water partition coefficient (Wildman–Crippen LogP) is 1.89. The summed E-state index contributed by atoms with van der Waals surface area (Å²) in [5.41, 5.74) is 1.22. The number of aliphatic hydroxyl groups is 1. The van der Waals surface area contributed by atoms with Crippen molar-refractivity contribution in [3.8, 4) is 0 Å². The van der Waals surface area contributed by atoms with Crippen LogP contribution in [0.1, 0.15) is 47.5 Å². The van der Waals surface area contributed by atoms with E-state index in [1.54, 1.807) is 18.2 Å². The third kappa shape index (κ3) is 3.31. The molecule has 0 amide bonds. The van der Waals surface area contributed by atoms with E-state index in [-0.39, 0.29) is 5.56 Å². The van der Waals surface area contributed by atoms with Gasteiger partial charge in [-0.1, -0.05) is 31.5 Å². The van der Waals surface area contributed by atoms with E-state index in [1.165, 1.54) is 6.07 Å². The number of aromatic carboxylic acids is 1. The molecule has 2 aromatic rings. The summed E-state index contributed by atoms with van der Waals surface area (Å²) in [6.07, 6.45) is 5.00. The Labute approximate surface area is 124 Å². The molecular formula is C16H21N2O3+. The molecule has 0 radical (unpaired) electrons. The molecular weight excluding hydrogens is 268 g/mol. The summed E-state index contributed by atoms with van der Waals surface area (Å²) in [4.78, 5) is 11.3. The largest absolute Gasteiger partial charge is 0.478 e. The number of hydrogen-bond donors (Lipinski definition) is 2. The maximum absolute atomic E-state index is 11.3. The molecule has 2 rings (SSSR count). The molecule has 5 nitrogen and oxygen atoms in total. The number of aromatic nitrogens is 2. The highest BCUT2D eigenvalue weighted by Gasteiger charge is 2.24. The summed E-state index contributed by atoms with van der Waals surface area (Å²) in [6.45, 7) is 3.01. The topological polar surface area (TPSA) is 66.3 Å². The third-order valence-corrected chi connectivity index (χ3v) is 3.56. The molecule has 0 aliphatic rings. The van der Waals surface area contributed by atoms with Crippen molar-refractivity contribution in [2.45, 2.75) is 32.4 Å². The maximum atomic E-state index is 11.3. The molecule has 0 bridgehead atoms. The molecule has 0 spiro atoms. The van der Waals surface area contributed by atoms with Crippen molar-refractivity contribution in [2.24, 2.45) is 7.05 Å². The molecule has 0 saturated carbocycles. The van der Waals surface area contributed by atoms with E-state index < -0.39 is 12.1 Å². The van der Waals surface area contributed by atoms with Crippen LogP contribution in [0.2, 0.25) is 0 Å². The smallest absolute Gasteiger partial charge is 0.336 e. The Morgan fingerprint density at radius 2 is 2.10 bits per heavy atom. The molecule has 0 aliphatic carbocycles. The van der Waals surface area contributed by atoms with Gasteiger partial charge in [0.2, 0.25) is 6.33 Å². The highest BCUT2D eigenvalue weighted by Crippen LogP contribution is 2.24. The minimum Gasteiger partial charge on any atom is -0.478 e. The molecule has 1 atom stereocenters. The lowest BCUT2D eigenvalue weighted by Crippen LogP contribution is -2.30. The Kier molecular flexibility index (Phi) is 4.75. The van der Waals surface area contributed by atoms with Gasteiger partial charge in [-0.2, -0.15) is 0 Å². The Bertz CT molecular complexity index is 634. The first-order chi connectivity index (χ1) is 10.0. The van der Waals surface area contributed by atoms with Crippen molar-refractivity contribution < 1.29 is 19.6 Å². The van der Waals surface area contributed by atoms with Gasteiger partial charge in [-0.15, -0.1) is 0 Å². The molecule has 5 heteroatoms. The summed E-state index contributed by atoms with van der Waals surface area (Å²) in [5, 5.41) is 19.8. The number of hydrogen-bond acceptors (Lipinski definition) is 2. The Balaban J connectivity index is 2.34. The fraction of sp³-hybridized carbons (Fsp3) is 0.375. The molecule has 0 aliphatic heterocycles. The molecule has 0 fully saturated rings.